The zero-order valence-corrected chi connectivity index (χ0v) is 16.3. The van der Waals surface area contributed by atoms with Gasteiger partial charge in [-0.05, 0) is 53.4 Å². The first-order valence-corrected chi connectivity index (χ1v) is 9.64. The van der Waals surface area contributed by atoms with Crippen LogP contribution in [0.5, 0.6) is 11.5 Å². The number of carboxylic acids is 1. The molecule has 0 aliphatic carbocycles. The SMILES string of the molecule is O=C(O)/C(=C/c1ccc(OCCn2ccc3ccccc32)cc1)Oc1ccccc1. The van der Waals surface area contributed by atoms with Gasteiger partial charge < -0.3 is 19.1 Å². The molecule has 0 amide bonds. The largest absolute Gasteiger partial charge is 0.492 e. The van der Waals surface area contributed by atoms with Crippen LogP contribution in [0.1, 0.15) is 5.56 Å². The van der Waals surface area contributed by atoms with E-state index in [1.807, 2.05) is 30.3 Å². The first-order chi connectivity index (χ1) is 14.7. The third kappa shape index (κ3) is 4.70. The Labute approximate surface area is 174 Å². The summed E-state index contributed by atoms with van der Waals surface area (Å²) in [6.07, 6.45) is 3.55. The second-order valence-corrected chi connectivity index (χ2v) is 6.71. The molecular weight excluding hydrogens is 378 g/mol. The lowest BCUT2D eigenvalue weighted by atomic mass is 10.2. The number of para-hydroxylation sites is 2. The molecule has 4 rings (SSSR count). The van der Waals surface area contributed by atoms with Crippen LogP contribution in [-0.4, -0.2) is 22.2 Å². The lowest BCUT2D eigenvalue weighted by Gasteiger charge is -2.09. The minimum Gasteiger partial charge on any atom is -0.492 e. The molecule has 0 fully saturated rings. The molecule has 4 aromatic rings. The molecule has 5 nitrogen and oxygen atoms in total. The van der Waals surface area contributed by atoms with Crippen molar-refractivity contribution in [3.8, 4) is 11.5 Å². The number of aliphatic carboxylic acids is 1. The highest BCUT2D eigenvalue weighted by atomic mass is 16.5. The number of benzene rings is 3. The minimum atomic E-state index is -1.13. The van der Waals surface area contributed by atoms with Crippen LogP contribution in [0.15, 0.2) is 96.9 Å². The summed E-state index contributed by atoms with van der Waals surface area (Å²) >= 11 is 0. The molecule has 0 atom stereocenters. The summed E-state index contributed by atoms with van der Waals surface area (Å²) in [4.78, 5) is 11.5. The molecule has 0 aliphatic rings. The average molecular weight is 399 g/mol. The van der Waals surface area contributed by atoms with Gasteiger partial charge in [-0.25, -0.2) is 4.79 Å². The number of carboxylic acid groups (broad SMARTS) is 1. The smallest absolute Gasteiger partial charge is 0.371 e. The molecule has 0 aliphatic heterocycles. The molecule has 1 heterocycles. The van der Waals surface area contributed by atoms with Gasteiger partial charge in [-0.15, -0.1) is 0 Å². The molecule has 1 N–H and O–H groups in total. The predicted molar refractivity (Wildman–Crippen MR) is 117 cm³/mol. The number of ether oxygens (including phenoxy) is 2. The lowest BCUT2D eigenvalue weighted by molar-refractivity contribution is -0.134. The maximum absolute atomic E-state index is 11.5. The maximum atomic E-state index is 11.5. The number of carbonyl (C=O) groups is 1. The lowest BCUT2D eigenvalue weighted by Crippen LogP contribution is -2.08. The van der Waals surface area contributed by atoms with Crippen LogP contribution in [0.25, 0.3) is 17.0 Å². The van der Waals surface area contributed by atoms with Gasteiger partial charge in [-0.3, -0.25) is 0 Å². The normalized spacial score (nSPS) is 11.4. The van der Waals surface area contributed by atoms with Gasteiger partial charge in [-0.1, -0.05) is 48.5 Å². The van der Waals surface area contributed by atoms with Gasteiger partial charge in [0.15, 0.2) is 0 Å². The summed E-state index contributed by atoms with van der Waals surface area (Å²) in [6, 6.07) is 26.4. The highest BCUT2D eigenvalue weighted by Crippen LogP contribution is 2.19. The molecule has 5 heteroatoms. The van der Waals surface area contributed by atoms with E-state index in [0.29, 0.717) is 17.9 Å². The molecule has 0 unspecified atom stereocenters. The van der Waals surface area contributed by atoms with E-state index in [1.54, 1.807) is 36.4 Å². The number of rotatable bonds is 8. The van der Waals surface area contributed by atoms with E-state index in [2.05, 4.69) is 29.0 Å². The van der Waals surface area contributed by atoms with Gasteiger partial charge in [0.2, 0.25) is 5.76 Å². The van der Waals surface area contributed by atoms with Crippen molar-refractivity contribution in [1.82, 2.24) is 4.57 Å². The van der Waals surface area contributed by atoms with Crippen LogP contribution in [-0.2, 0) is 11.3 Å². The zero-order valence-electron chi connectivity index (χ0n) is 16.3. The number of fused-ring (bicyclic) bond motifs is 1. The summed E-state index contributed by atoms with van der Waals surface area (Å²) in [5, 5.41) is 10.6. The maximum Gasteiger partial charge on any atom is 0.371 e. The van der Waals surface area contributed by atoms with E-state index in [-0.39, 0.29) is 5.76 Å². The second-order valence-electron chi connectivity index (χ2n) is 6.71. The summed E-state index contributed by atoms with van der Waals surface area (Å²) in [7, 11) is 0. The predicted octanol–water partition coefficient (Wildman–Crippen LogP) is 5.22. The Morgan fingerprint density at radius 1 is 0.867 bits per heavy atom. The van der Waals surface area contributed by atoms with Gasteiger partial charge >= 0.3 is 5.97 Å². The number of nitrogens with zero attached hydrogens (tertiary/aromatic N) is 1. The number of aromatic nitrogens is 1. The van der Waals surface area contributed by atoms with Crippen molar-refractivity contribution in [2.45, 2.75) is 6.54 Å². The molecule has 1 aromatic heterocycles. The molecule has 0 bridgehead atoms. The fraction of sp³-hybridized carbons (Fsp3) is 0.0800. The van der Waals surface area contributed by atoms with Crippen molar-refractivity contribution in [3.63, 3.8) is 0 Å². The Morgan fingerprint density at radius 3 is 2.37 bits per heavy atom. The topological polar surface area (TPSA) is 60.7 Å². The van der Waals surface area contributed by atoms with Crippen LogP contribution in [0.3, 0.4) is 0 Å². The first-order valence-electron chi connectivity index (χ1n) is 9.64. The van der Waals surface area contributed by atoms with Crippen molar-refractivity contribution < 1.29 is 19.4 Å². The number of hydrogen-bond acceptors (Lipinski definition) is 3. The van der Waals surface area contributed by atoms with Crippen molar-refractivity contribution in [3.05, 3.63) is 102 Å². The number of hydrogen-bond donors (Lipinski definition) is 1. The third-order valence-corrected chi connectivity index (χ3v) is 4.64. The summed E-state index contributed by atoms with van der Waals surface area (Å²) in [5.41, 5.74) is 1.90. The quantitative estimate of drug-likeness (QED) is 0.326. The van der Waals surface area contributed by atoms with E-state index < -0.39 is 5.97 Å². The molecule has 0 spiro atoms. The van der Waals surface area contributed by atoms with E-state index in [9.17, 15) is 9.90 Å². The Hall–Kier alpha value is -3.99. The molecule has 30 heavy (non-hydrogen) atoms. The van der Waals surface area contributed by atoms with Crippen LogP contribution in [0.4, 0.5) is 0 Å². The van der Waals surface area contributed by atoms with Crippen LogP contribution >= 0.6 is 0 Å². The standard InChI is InChI=1S/C25H21NO4/c27-25(28)24(30-22-7-2-1-3-8-22)18-19-10-12-21(13-11-19)29-17-16-26-15-14-20-6-4-5-9-23(20)26/h1-15,18H,16-17H2,(H,27,28)/b24-18-. The van der Waals surface area contributed by atoms with Crippen LogP contribution in [0, 0.1) is 0 Å². The molecule has 0 saturated heterocycles. The second kappa shape index (κ2) is 9.01. The van der Waals surface area contributed by atoms with E-state index >= 15 is 0 Å². The van der Waals surface area contributed by atoms with Crippen LogP contribution in [0.2, 0.25) is 0 Å². The van der Waals surface area contributed by atoms with Gasteiger partial charge in [0.25, 0.3) is 0 Å². The fourth-order valence-corrected chi connectivity index (χ4v) is 3.16. The van der Waals surface area contributed by atoms with Gasteiger partial charge in [0, 0.05) is 11.7 Å². The highest BCUT2D eigenvalue weighted by Gasteiger charge is 2.10. The van der Waals surface area contributed by atoms with Gasteiger partial charge in [0.05, 0.1) is 6.54 Å². The van der Waals surface area contributed by atoms with Gasteiger partial charge in [0.1, 0.15) is 18.1 Å². The van der Waals surface area contributed by atoms with Crippen molar-refractivity contribution in [2.24, 2.45) is 0 Å². The first kappa shape index (κ1) is 19.3. The average Bonchev–Trinajstić information content (AvgIpc) is 3.18. The van der Waals surface area contributed by atoms with Crippen LogP contribution < -0.4 is 9.47 Å². The van der Waals surface area contributed by atoms with E-state index in [0.717, 1.165) is 12.3 Å². The summed E-state index contributed by atoms with van der Waals surface area (Å²) in [6.45, 7) is 1.27. The Bertz CT molecular complexity index is 1160. The third-order valence-electron chi connectivity index (χ3n) is 4.64. The van der Waals surface area contributed by atoms with E-state index in [4.69, 9.17) is 9.47 Å². The molecule has 3 aromatic carbocycles. The van der Waals surface area contributed by atoms with Crippen molar-refractivity contribution >= 4 is 22.9 Å². The van der Waals surface area contributed by atoms with Crippen molar-refractivity contribution in [1.29, 1.82) is 0 Å². The van der Waals surface area contributed by atoms with E-state index in [1.165, 1.54) is 17.0 Å². The Balaban J connectivity index is 1.38. The fourth-order valence-electron chi connectivity index (χ4n) is 3.16. The highest BCUT2D eigenvalue weighted by molar-refractivity contribution is 5.90. The minimum absolute atomic E-state index is 0.144. The monoisotopic (exact) mass is 399 g/mol. The molecule has 150 valence electrons. The molecular formula is C25H21NO4. The summed E-state index contributed by atoms with van der Waals surface area (Å²) < 4.78 is 13.5. The summed E-state index contributed by atoms with van der Waals surface area (Å²) in [5.74, 6) is -0.0689. The zero-order chi connectivity index (χ0) is 20.8. The van der Waals surface area contributed by atoms with Crippen molar-refractivity contribution in [2.75, 3.05) is 6.61 Å². The Kier molecular flexibility index (Phi) is 5.80. The van der Waals surface area contributed by atoms with Gasteiger partial charge in [-0.2, -0.15) is 0 Å². The molecule has 0 saturated carbocycles. The Morgan fingerprint density at radius 2 is 1.60 bits per heavy atom. The molecule has 0 radical (unpaired) electrons.